The predicted octanol–water partition coefficient (Wildman–Crippen LogP) is 2.43. The van der Waals surface area contributed by atoms with Gasteiger partial charge in [-0.2, -0.15) is 4.31 Å². The molecule has 1 aliphatic heterocycles. The Morgan fingerprint density at radius 2 is 2.00 bits per heavy atom. The summed E-state index contributed by atoms with van der Waals surface area (Å²) < 4.78 is 32.2. The number of benzene rings is 1. The van der Waals surface area contributed by atoms with Gasteiger partial charge < -0.3 is 4.74 Å². The molecule has 20 heavy (non-hydrogen) atoms. The summed E-state index contributed by atoms with van der Waals surface area (Å²) >= 11 is 0. The average molecular weight is 297 g/mol. The van der Waals surface area contributed by atoms with Crippen molar-refractivity contribution in [3.63, 3.8) is 0 Å². The van der Waals surface area contributed by atoms with Crippen LogP contribution in [0.1, 0.15) is 25.3 Å². The van der Waals surface area contributed by atoms with Gasteiger partial charge in [0.2, 0.25) is 10.0 Å². The van der Waals surface area contributed by atoms with Crippen molar-refractivity contribution >= 4 is 10.0 Å². The second-order valence-electron chi connectivity index (χ2n) is 5.34. The van der Waals surface area contributed by atoms with Crippen LogP contribution in [0.25, 0.3) is 0 Å². The molecule has 1 heterocycles. The highest BCUT2D eigenvalue weighted by molar-refractivity contribution is 7.89. The van der Waals surface area contributed by atoms with Crippen LogP contribution in [-0.2, 0) is 14.8 Å². The lowest BCUT2D eigenvalue weighted by Crippen LogP contribution is -2.41. The lowest BCUT2D eigenvalue weighted by molar-refractivity contribution is 0.0864. The molecule has 1 aliphatic rings. The molecule has 1 fully saturated rings. The van der Waals surface area contributed by atoms with E-state index in [4.69, 9.17) is 4.74 Å². The first-order valence-electron chi connectivity index (χ1n) is 7.18. The van der Waals surface area contributed by atoms with Crippen molar-refractivity contribution in [3.8, 4) is 0 Å². The number of rotatable bonds is 5. The van der Waals surface area contributed by atoms with E-state index < -0.39 is 10.0 Å². The van der Waals surface area contributed by atoms with Gasteiger partial charge in [0.25, 0.3) is 0 Å². The van der Waals surface area contributed by atoms with Crippen LogP contribution in [0.15, 0.2) is 29.2 Å². The largest absolute Gasteiger partial charge is 0.381 e. The standard InChI is InChI=1S/C15H23NO3S/c1-3-19-12-14-5-4-10-16(11-14)20(17,18)15-8-6-13(2)7-9-15/h6-9,14H,3-5,10-12H2,1-2H3. The van der Waals surface area contributed by atoms with Crippen LogP contribution in [0, 0.1) is 12.8 Å². The maximum Gasteiger partial charge on any atom is 0.243 e. The Bertz CT molecular complexity index is 525. The van der Waals surface area contributed by atoms with Gasteiger partial charge in [0, 0.05) is 19.7 Å². The molecular formula is C15H23NO3S. The molecule has 1 aromatic rings. The molecule has 0 radical (unpaired) electrons. The minimum Gasteiger partial charge on any atom is -0.381 e. The fourth-order valence-corrected chi connectivity index (χ4v) is 4.08. The van der Waals surface area contributed by atoms with Crippen molar-refractivity contribution < 1.29 is 13.2 Å². The van der Waals surface area contributed by atoms with Gasteiger partial charge in [0.1, 0.15) is 0 Å². The zero-order valence-corrected chi connectivity index (χ0v) is 13.0. The van der Waals surface area contributed by atoms with Crippen LogP contribution in [0.2, 0.25) is 0 Å². The predicted molar refractivity (Wildman–Crippen MR) is 79.2 cm³/mol. The van der Waals surface area contributed by atoms with Crippen LogP contribution in [0.5, 0.6) is 0 Å². The molecule has 1 saturated heterocycles. The summed E-state index contributed by atoms with van der Waals surface area (Å²) in [7, 11) is -3.36. The Morgan fingerprint density at radius 1 is 1.30 bits per heavy atom. The Kier molecular flexibility index (Phi) is 5.18. The van der Waals surface area contributed by atoms with E-state index in [-0.39, 0.29) is 0 Å². The van der Waals surface area contributed by atoms with E-state index in [1.807, 2.05) is 26.0 Å². The SMILES string of the molecule is CCOCC1CCCN(S(=O)(=O)c2ccc(C)cc2)C1. The van der Waals surface area contributed by atoms with E-state index >= 15 is 0 Å². The number of hydrogen-bond donors (Lipinski definition) is 0. The third-order valence-corrected chi connectivity index (χ3v) is 5.58. The van der Waals surface area contributed by atoms with E-state index in [1.165, 1.54) is 0 Å². The first kappa shape index (κ1) is 15.5. The fraction of sp³-hybridized carbons (Fsp3) is 0.600. The molecule has 1 atom stereocenters. The Morgan fingerprint density at radius 3 is 2.65 bits per heavy atom. The summed E-state index contributed by atoms with van der Waals surface area (Å²) in [5, 5.41) is 0. The van der Waals surface area contributed by atoms with Gasteiger partial charge in [0.05, 0.1) is 11.5 Å². The van der Waals surface area contributed by atoms with Crippen molar-refractivity contribution in [2.24, 2.45) is 5.92 Å². The minimum atomic E-state index is -3.36. The Balaban J connectivity index is 2.10. The van der Waals surface area contributed by atoms with Crippen LogP contribution >= 0.6 is 0 Å². The van der Waals surface area contributed by atoms with E-state index in [1.54, 1.807) is 16.4 Å². The number of hydrogen-bond acceptors (Lipinski definition) is 3. The molecule has 2 rings (SSSR count). The zero-order valence-electron chi connectivity index (χ0n) is 12.2. The lowest BCUT2D eigenvalue weighted by Gasteiger charge is -2.31. The number of nitrogens with zero attached hydrogens (tertiary/aromatic N) is 1. The molecule has 1 unspecified atom stereocenters. The highest BCUT2D eigenvalue weighted by Crippen LogP contribution is 2.24. The van der Waals surface area contributed by atoms with Gasteiger partial charge in [-0.1, -0.05) is 17.7 Å². The molecule has 0 bridgehead atoms. The summed E-state index contributed by atoms with van der Waals surface area (Å²) in [4.78, 5) is 0.389. The first-order valence-corrected chi connectivity index (χ1v) is 8.62. The highest BCUT2D eigenvalue weighted by Gasteiger charge is 2.30. The minimum absolute atomic E-state index is 0.309. The number of piperidine rings is 1. The molecule has 0 N–H and O–H groups in total. The molecule has 4 nitrogen and oxygen atoms in total. The third kappa shape index (κ3) is 3.59. The molecule has 0 amide bonds. The number of aryl methyl sites for hydroxylation is 1. The topological polar surface area (TPSA) is 46.6 Å². The molecule has 0 aromatic heterocycles. The van der Waals surface area contributed by atoms with E-state index in [0.29, 0.717) is 37.1 Å². The average Bonchev–Trinajstić information content (AvgIpc) is 2.46. The molecular weight excluding hydrogens is 274 g/mol. The van der Waals surface area contributed by atoms with Gasteiger partial charge in [-0.3, -0.25) is 0 Å². The third-order valence-electron chi connectivity index (χ3n) is 3.70. The number of ether oxygens (including phenoxy) is 1. The van der Waals surface area contributed by atoms with Crippen molar-refractivity contribution in [2.75, 3.05) is 26.3 Å². The summed E-state index contributed by atoms with van der Waals surface area (Å²) in [6.45, 7) is 6.42. The Hall–Kier alpha value is -0.910. The molecule has 0 spiro atoms. The highest BCUT2D eigenvalue weighted by atomic mass is 32.2. The van der Waals surface area contributed by atoms with Gasteiger partial charge in [0.15, 0.2) is 0 Å². The molecule has 5 heteroatoms. The van der Waals surface area contributed by atoms with Crippen molar-refractivity contribution in [1.82, 2.24) is 4.31 Å². The van der Waals surface area contributed by atoms with Crippen LogP contribution < -0.4 is 0 Å². The number of sulfonamides is 1. The summed E-state index contributed by atoms with van der Waals surface area (Å²) in [5.41, 5.74) is 1.07. The summed E-state index contributed by atoms with van der Waals surface area (Å²) in [5.74, 6) is 0.309. The van der Waals surface area contributed by atoms with Gasteiger partial charge in [-0.25, -0.2) is 8.42 Å². The maximum absolute atomic E-state index is 12.6. The lowest BCUT2D eigenvalue weighted by atomic mass is 10.0. The van der Waals surface area contributed by atoms with Crippen LogP contribution in [0.4, 0.5) is 0 Å². The van der Waals surface area contributed by atoms with E-state index in [0.717, 1.165) is 18.4 Å². The Labute approximate surface area is 121 Å². The molecule has 112 valence electrons. The van der Waals surface area contributed by atoms with Crippen LogP contribution in [-0.4, -0.2) is 39.0 Å². The van der Waals surface area contributed by atoms with Crippen LogP contribution in [0.3, 0.4) is 0 Å². The zero-order chi connectivity index (χ0) is 14.6. The van der Waals surface area contributed by atoms with Crippen molar-refractivity contribution in [1.29, 1.82) is 0 Å². The van der Waals surface area contributed by atoms with Crippen molar-refractivity contribution in [2.45, 2.75) is 31.6 Å². The molecule has 0 saturated carbocycles. The smallest absolute Gasteiger partial charge is 0.243 e. The fourth-order valence-electron chi connectivity index (χ4n) is 2.53. The second-order valence-corrected chi connectivity index (χ2v) is 7.28. The first-order chi connectivity index (χ1) is 9.54. The van der Waals surface area contributed by atoms with E-state index in [9.17, 15) is 8.42 Å². The molecule has 0 aliphatic carbocycles. The summed E-state index contributed by atoms with van der Waals surface area (Å²) in [6.07, 6.45) is 1.95. The quantitative estimate of drug-likeness (QED) is 0.838. The van der Waals surface area contributed by atoms with Gasteiger partial charge in [-0.05, 0) is 44.7 Å². The van der Waals surface area contributed by atoms with E-state index in [2.05, 4.69) is 0 Å². The molecule has 1 aromatic carbocycles. The second kappa shape index (κ2) is 6.70. The van der Waals surface area contributed by atoms with Gasteiger partial charge in [-0.15, -0.1) is 0 Å². The normalized spacial score (nSPS) is 21.0. The van der Waals surface area contributed by atoms with Gasteiger partial charge >= 0.3 is 0 Å². The van der Waals surface area contributed by atoms with Crippen molar-refractivity contribution in [3.05, 3.63) is 29.8 Å². The monoisotopic (exact) mass is 297 g/mol. The maximum atomic E-state index is 12.6. The summed E-state index contributed by atoms with van der Waals surface area (Å²) in [6, 6.07) is 7.07.